The third-order valence-corrected chi connectivity index (χ3v) is 4.21. The van der Waals surface area contributed by atoms with Gasteiger partial charge in [-0.05, 0) is 41.6 Å². The highest BCUT2D eigenvalue weighted by Gasteiger charge is 2.15. The van der Waals surface area contributed by atoms with Crippen LogP contribution in [0.1, 0.15) is 27.7 Å². The second-order valence-electron chi connectivity index (χ2n) is 4.18. The van der Waals surface area contributed by atoms with Gasteiger partial charge in [0.15, 0.2) is 5.78 Å². The predicted molar refractivity (Wildman–Crippen MR) is 79.7 cm³/mol. The molecule has 0 saturated heterocycles. The van der Waals surface area contributed by atoms with Crippen molar-refractivity contribution in [3.8, 4) is 5.75 Å². The summed E-state index contributed by atoms with van der Waals surface area (Å²) < 4.78 is 5.27. The van der Waals surface area contributed by atoms with E-state index in [1.807, 2.05) is 11.4 Å². The molecule has 0 amide bonds. The van der Waals surface area contributed by atoms with Crippen LogP contribution in [-0.2, 0) is 12.8 Å². The number of Topliss-reactive ketones (excluding diaryl/α,β-unsaturated/α-hetero) is 1. The van der Waals surface area contributed by atoms with Gasteiger partial charge < -0.3 is 4.74 Å². The van der Waals surface area contributed by atoms with E-state index in [4.69, 9.17) is 16.3 Å². The van der Waals surface area contributed by atoms with E-state index in [2.05, 4.69) is 6.92 Å². The van der Waals surface area contributed by atoms with Crippen LogP contribution < -0.4 is 4.74 Å². The SMILES string of the molecule is CCc1ccsc1C(=O)Cc1cc(Cl)ccc1OC. The van der Waals surface area contributed by atoms with E-state index in [0.717, 1.165) is 22.4 Å². The molecule has 1 heterocycles. The van der Waals surface area contributed by atoms with Gasteiger partial charge in [0.25, 0.3) is 0 Å². The fourth-order valence-corrected chi connectivity index (χ4v) is 3.13. The molecule has 100 valence electrons. The predicted octanol–water partition coefficient (Wildman–Crippen LogP) is 4.40. The number of thiophene rings is 1. The lowest BCUT2D eigenvalue weighted by Crippen LogP contribution is -2.05. The molecule has 0 saturated carbocycles. The standard InChI is InChI=1S/C15H15ClO2S/c1-3-10-6-7-19-15(10)13(17)9-11-8-12(16)4-5-14(11)18-2/h4-8H,3,9H2,1-2H3. The zero-order chi connectivity index (χ0) is 13.8. The van der Waals surface area contributed by atoms with Crippen molar-refractivity contribution in [2.45, 2.75) is 19.8 Å². The number of aryl methyl sites for hydroxylation is 1. The molecule has 0 aliphatic rings. The second-order valence-corrected chi connectivity index (χ2v) is 5.54. The fourth-order valence-electron chi connectivity index (χ4n) is 2.00. The molecule has 0 atom stereocenters. The van der Waals surface area contributed by atoms with Crippen molar-refractivity contribution < 1.29 is 9.53 Å². The van der Waals surface area contributed by atoms with Crippen LogP contribution in [0.4, 0.5) is 0 Å². The van der Waals surface area contributed by atoms with Gasteiger partial charge in [-0.25, -0.2) is 0 Å². The van der Waals surface area contributed by atoms with Crippen molar-refractivity contribution in [3.63, 3.8) is 0 Å². The number of ketones is 1. The van der Waals surface area contributed by atoms with E-state index in [1.165, 1.54) is 11.3 Å². The van der Waals surface area contributed by atoms with Gasteiger partial charge in [-0.2, -0.15) is 0 Å². The summed E-state index contributed by atoms with van der Waals surface area (Å²) in [6, 6.07) is 7.35. The Morgan fingerprint density at radius 2 is 2.11 bits per heavy atom. The van der Waals surface area contributed by atoms with Gasteiger partial charge >= 0.3 is 0 Å². The molecule has 2 aromatic rings. The first-order valence-corrected chi connectivity index (χ1v) is 7.33. The van der Waals surface area contributed by atoms with Crippen LogP contribution >= 0.6 is 22.9 Å². The molecular formula is C15H15ClO2S. The van der Waals surface area contributed by atoms with Gasteiger partial charge in [0.05, 0.1) is 12.0 Å². The quantitative estimate of drug-likeness (QED) is 0.764. The summed E-state index contributed by atoms with van der Waals surface area (Å²) in [5.74, 6) is 0.819. The summed E-state index contributed by atoms with van der Waals surface area (Å²) in [4.78, 5) is 13.2. The highest BCUT2D eigenvalue weighted by atomic mass is 35.5. The van der Waals surface area contributed by atoms with E-state index in [9.17, 15) is 4.79 Å². The highest BCUT2D eigenvalue weighted by molar-refractivity contribution is 7.12. The second kappa shape index (κ2) is 6.22. The Hall–Kier alpha value is -1.32. The monoisotopic (exact) mass is 294 g/mol. The average molecular weight is 295 g/mol. The van der Waals surface area contributed by atoms with E-state index in [0.29, 0.717) is 17.2 Å². The molecule has 2 rings (SSSR count). The number of carbonyl (C=O) groups excluding carboxylic acids is 1. The first-order valence-electron chi connectivity index (χ1n) is 6.07. The van der Waals surface area contributed by atoms with E-state index in [1.54, 1.807) is 25.3 Å². The minimum absolute atomic E-state index is 0.118. The zero-order valence-electron chi connectivity index (χ0n) is 10.9. The van der Waals surface area contributed by atoms with Gasteiger partial charge in [0.1, 0.15) is 5.75 Å². The average Bonchev–Trinajstić information content (AvgIpc) is 2.87. The largest absolute Gasteiger partial charge is 0.496 e. The molecule has 0 N–H and O–H groups in total. The Bertz CT molecular complexity index is 590. The van der Waals surface area contributed by atoms with Gasteiger partial charge in [0, 0.05) is 17.0 Å². The lowest BCUT2D eigenvalue weighted by atomic mass is 10.0. The zero-order valence-corrected chi connectivity index (χ0v) is 12.5. The van der Waals surface area contributed by atoms with Gasteiger partial charge in [-0.15, -0.1) is 11.3 Å². The Kier molecular flexibility index (Phi) is 4.61. The lowest BCUT2D eigenvalue weighted by molar-refractivity contribution is 0.0995. The first kappa shape index (κ1) is 14.1. The minimum atomic E-state index is 0.118. The van der Waals surface area contributed by atoms with Crippen LogP contribution in [0, 0.1) is 0 Å². The Labute approximate surface area is 122 Å². The number of methoxy groups -OCH3 is 1. The normalized spacial score (nSPS) is 10.5. The number of hydrogen-bond donors (Lipinski definition) is 0. The smallest absolute Gasteiger partial charge is 0.177 e. The lowest BCUT2D eigenvalue weighted by Gasteiger charge is -2.08. The molecule has 2 nitrogen and oxygen atoms in total. The third-order valence-electron chi connectivity index (χ3n) is 2.97. The van der Waals surface area contributed by atoms with E-state index >= 15 is 0 Å². The van der Waals surface area contributed by atoms with Gasteiger partial charge in [-0.3, -0.25) is 4.79 Å². The van der Waals surface area contributed by atoms with E-state index < -0.39 is 0 Å². The summed E-state index contributed by atoms with van der Waals surface area (Å²) >= 11 is 7.47. The number of ether oxygens (including phenoxy) is 1. The van der Waals surface area contributed by atoms with Crippen molar-refractivity contribution in [1.82, 2.24) is 0 Å². The van der Waals surface area contributed by atoms with Gasteiger partial charge in [0.2, 0.25) is 0 Å². The van der Waals surface area contributed by atoms with E-state index in [-0.39, 0.29) is 5.78 Å². The van der Waals surface area contributed by atoms with Crippen molar-refractivity contribution >= 4 is 28.7 Å². The van der Waals surface area contributed by atoms with Crippen molar-refractivity contribution in [1.29, 1.82) is 0 Å². The molecule has 1 aromatic carbocycles. The molecule has 1 aromatic heterocycles. The number of benzene rings is 1. The minimum Gasteiger partial charge on any atom is -0.496 e. The summed E-state index contributed by atoms with van der Waals surface area (Å²) in [6.45, 7) is 2.05. The molecule has 0 radical (unpaired) electrons. The van der Waals surface area contributed by atoms with Crippen LogP contribution in [-0.4, -0.2) is 12.9 Å². The van der Waals surface area contributed by atoms with Crippen molar-refractivity contribution in [2.24, 2.45) is 0 Å². The molecule has 0 unspecified atom stereocenters. The van der Waals surface area contributed by atoms with Crippen LogP contribution in [0.2, 0.25) is 5.02 Å². The van der Waals surface area contributed by atoms with Crippen molar-refractivity contribution in [3.05, 3.63) is 50.7 Å². The number of hydrogen-bond acceptors (Lipinski definition) is 3. The Balaban J connectivity index is 2.26. The summed E-state index contributed by atoms with van der Waals surface area (Å²) in [5, 5.41) is 2.58. The number of halogens is 1. The van der Waals surface area contributed by atoms with Crippen LogP contribution in [0.15, 0.2) is 29.6 Å². The van der Waals surface area contributed by atoms with Crippen LogP contribution in [0.25, 0.3) is 0 Å². The molecule has 0 spiro atoms. The number of rotatable bonds is 5. The maximum atomic E-state index is 12.3. The maximum Gasteiger partial charge on any atom is 0.177 e. The van der Waals surface area contributed by atoms with Crippen molar-refractivity contribution in [2.75, 3.05) is 7.11 Å². The third kappa shape index (κ3) is 3.17. The summed E-state index contributed by atoms with van der Waals surface area (Å²) in [7, 11) is 1.60. The molecule has 19 heavy (non-hydrogen) atoms. The summed E-state index contributed by atoms with van der Waals surface area (Å²) in [6.07, 6.45) is 1.19. The number of carbonyl (C=O) groups is 1. The maximum absolute atomic E-state index is 12.3. The molecule has 0 fully saturated rings. The molecular weight excluding hydrogens is 280 g/mol. The summed E-state index contributed by atoms with van der Waals surface area (Å²) in [5.41, 5.74) is 1.94. The topological polar surface area (TPSA) is 26.3 Å². The molecule has 0 aliphatic carbocycles. The van der Waals surface area contributed by atoms with Gasteiger partial charge in [-0.1, -0.05) is 18.5 Å². The van der Waals surface area contributed by atoms with Crippen LogP contribution in [0.5, 0.6) is 5.75 Å². The molecule has 4 heteroatoms. The fraction of sp³-hybridized carbons (Fsp3) is 0.267. The Morgan fingerprint density at radius 3 is 2.79 bits per heavy atom. The molecule has 0 bridgehead atoms. The highest BCUT2D eigenvalue weighted by Crippen LogP contribution is 2.26. The van der Waals surface area contributed by atoms with Crippen LogP contribution in [0.3, 0.4) is 0 Å². The molecule has 0 aliphatic heterocycles. The first-order chi connectivity index (χ1) is 9.15. The Morgan fingerprint density at radius 1 is 1.32 bits per heavy atom.